The third-order valence-electron chi connectivity index (χ3n) is 4.65. The highest BCUT2D eigenvalue weighted by atomic mass is 35.5. The molecule has 1 aliphatic heterocycles. The van der Waals surface area contributed by atoms with E-state index in [-0.39, 0.29) is 11.9 Å². The molecule has 1 aromatic carbocycles. The average Bonchev–Trinajstić information content (AvgIpc) is 3.25. The van der Waals surface area contributed by atoms with Crippen molar-refractivity contribution in [3.8, 4) is 0 Å². The molecular weight excluding hydrogens is 286 g/mol. The molecule has 2 aliphatic rings. The van der Waals surface area contributed by atoms with Crippen LogP contribution in [-0.2, 0) is 4.79 Å². The van der Waals surface area contributed by atoms with E-state index in [1.807, 2.05) is 19.1 Å². The summed E-state index contributed by atoms with van der Waals surface area (Å²) in [5.74, 6) is 0.765. The number of hydrogen-bond acceptors (Lipinski definition) is 3. The van der Waals surface area contributed by atoms with Crippen LogP contribution in [0.5, 0.6) is 0 Å². The summed E-state index contributed by atoms with van der Waals surface area (Å²) in [4.78, 5) is 14.3. The Morgan fingerprint density at radius 3 is 2.81 bits per heavy atom. The number of likely N-dealkylation sites (N-methyl/N-ethyl adjacent to an activating group) is 1. The highest BCUT2D eigenvalue weighted by Gasteiger charge is 2.34. The number of carbonyl (C=O) groups is 1. The van der Waals surface area contributed by atoms with Crippen molar-refractivity contribution in [3.63, 3.8) is 0 Å². The lowest BCUT2D eigenvalue weighted by atomic mass is 10.1. The monoisotopic (exact) mass is 307 g/mol. The molecule has 1 amide bonds. The van der Waals surface area contributed by atoms with Crippen molar-refractivity contribution in [1.29, 1.82) is 0 Å². The first-order chi connectivity index (χ1) is 10.0. The van der Waals surface area contributed by atoms with Crippen molar-refractivity contribution in [2.24, 2.45) is 5.92 Å². The molecule has 1 aromatic rings. The summed E-state index contributed by atoms with van der Waals surface area (Å²) in [6, 6.07) is 4.12. The van der Waals surface area contributed by atoms with E-state index in [4.69, 9.17) is 11.6 Å². The first-order valence-corrected chi connectivity index (χ1v) is 8.01. The Morgan fingerprint density at radius 2 is 2.19 bits per heavy atom. The molecule has 1 heterocycles. The van der Waals surface area contributed by atoms with Crippen LogP contribution in [0.1, 0.15) is 38.3 Å². The van der Waals surface area contributed by atoms with E-state index >= 15 is 0 Å². The van der Waals surface area contributed by atoms with Gasteiger partial charge in [-0.3, -0.25) is 4.79 Å². The molecule has 0 spiro atoms. The summed E-state index contributed by atoms with van der Waals surface area (Å²) in [6.07, 6.45) is 2.60. The molecule has 2 atom stereocenters. The lowest BCUT2D eigenvalue weighted by Crippen LogP contribution is -2.30. The molecular formula is C16H22ClN3O. The summed E-state index contributed by atoms with van der Waals surface area (Å²) in [6.45, 7) is 4.98. The van der Waals surface area contributed by atoms with Crippen LogP contribution in [-0.4, -0.2) is 25.5 Å². The molecule has 4 nitrogen and oxygen atoms in total. The number of fused-ring (bicyclic) bond motifs is 1. The summed E-state index contributed by atoms with van der Waals surface area (Å²) in [5.41, 5.74) is 2.82. The summed E-state index contributed by atoms with van der Waals surface area (Å²) in [5, 5.41) is 6.86. The number of hydrogen-bond donors (Lipinski definition) is 2. The zero-order chi connectivity index (χ0) is 15.1. The third kappa shape index (κ3) is 2.62. The van der Waals surface area contributed by atoms with Gasteiger partial charge >= 0.3 is 0 Å². The number of benzene rings is 1. The van der Waals surface area contributed by atoms with Crippen LogP contribution in [0.3, 0.4) is 0 Å². The van der Waals surface area contributed by atoms with Gasteiger partial charge in [0.1, 0.15) is 6.04 Å². The molecule has 0 aromatic heterocycles. The number of anilines is 2. The number of halogens is 1. The van der Waals surface area contributed by atoms with E-state index in [1.54, 1.807) is 0 Å². The zero-order valence-electron chi connectivity index (χ0n) is 12.7. The van der Waals surface area contributed by atoms with E-state index in [0.717, 1.165) is 29.4 Å². The van der Waals surface area contributed by atoms with E-state index in [9.17, 15) is 4.79 Å². The minimum atomic E-state index is -0.289. The lowest BCUT2D eigenvalue weighted by Gasteiger charge is -2.28. The minimum absolute atomic E-state index is 0.00189. The van der Waals surface area contributed by atoms with Gasteiger partial charge in [0.25, 0.3) is 0 Å². The maximum Gasteiger partial charge on any atom is 0.246 e. The third-order valence-corrected chi connectivity index (χ3v) is 4.96. The molecule has 3 rings (SSSR count). The second kappa shape index (κ2) is 5.50. The van der Waals surface area contributed by atoms with Crippen LogP contribution in [0, 0.1) is 5.92 Å². The topological polar surface area (TPSA) is 44.4 Å². The van der Waals surface area contributed by atoms with Crippen LogP contribution in [0.2, 0.25) is 5.02 Å². The Kier molecular flexibility index (Phi) is 3.84. The average molecular weight is 308 g/mol. The van der Waals surface area contributed by atoms with Gasteiger partial charge < -0.3 is 15.5 Å². The van der Waals surface area contributed by atoms with Gasteiger partial charge in [0, 0.05) is 24.3 Å². The largest absolute Gasteiger partial charge is 0.370 e. The fourth-order valence-corrected chi connectivity index (χ4v) is 3.37. The summed E-state index contributed by atoms with van der Waals surface area (Å²) >= 11 is 6.48. The van der Waals surface area contributed by atoms with Crippen LogP contribution < -0.4 is 15.5 Å². The number of carbonyl (C=O) groups excluding carboxylic acids is 1. The van der Waals surface area contributed by atoms with Gasteiger partial charge in [-0.2, -0.15) is 0 Å². The van der Waals surface area contributed by atoms with E-state index < -0.39 is 0 Å². The number of nitrogens with one attached hydrogen (secondary N) is 2. The van der Waals surface area contributed by atoms with E-state index in [0.29, 0.717) is 11.1 Å². The second-order valence-electron chi connectivity index (χ2n) is 6.06. The van der Waals surface area contributed by atoms with E-state index in [2.05, 4.69) is 29.5 Å². The predicted octanol–water partition coefficient (Wildman–Crippen LogP) is 3.18. The quantitative estimate of drug-likeness (QED) is 0.878. The normalized spacial score (nSPS) is 21.9. The van der Waals surface area contributed by atoms with Gasteiger partial charge in [0.05, 0.1) is 10.7 Å². The smallest absolute Gasteiger partial charge is 0.246 e. The van der Waals surface area contributed by atoms with Gasteiger partial charge in [-0.05, 0) is 44.4 Å². The molecule has 2 N–H and O–H groups in total. The van der Waals surface area contributed by atoms with Gasteiger partial charge in [0.15, 0.2) is 0 Å². The van der Waals surface area contributed by atoms with Crippen LogP contribution in [0.15, 0.2) is 12.1 Å². The van der Waals surface area contributed by atoms with Gasteiger partial charge in [-0.1, -0.05) is 18.5 Å². The molecule has 1 aliphatic carbocycles. The molecule has 21 heavy (non-hydrogen) atoms. The van der Waals surface area contributed by atoms with Crippen molar-refractivity contribution in [2.45, 2.75) is 38.8 Å². The fourth-order valence-electron chi connectivity index (χ4n) is 3.06. The summed E-state index contributed by atoms with van der Waals surface area (Å²) < 4.78 is 0. The van der Waals surface area contributed by atoms with Crippen molar-refractivity contribution in [1.82, 2.24) is 5.32 Å². The first kappa shape index (κ1) is 14.7. The van der Waals surface area contributed by atoms with Crippen molar-refractivity contribution >= 4 is 28.9 Å². The molecule has 2 unspecified atom stereocenters. The lowest BCUT2D eigenvalue weighted by molar-refractivity contribution is -0.117. The molecule has 0 radical (unpaired) electrons. The SMILES string of the molecule is CCNC1C(=O)Nc2cc(N(C)C(C)C3CC3)c(Cl)cc21. The Hall–Kier alpha value is -1.26. The molecule has 1 fully saturated rings. The van der Waals surface area contributed by atoms with Gasteiger partial charge in [0.2, 0.25) is 5.91 Å². The predicted molar refractivity (Wildman–Crippen MR) is 87.1 cm³/mol. The van der Waals surface area contributed by atoms with Crippen molar-refractivity contribution in [2.75, 3.05) is 23.8 Å². The van der Waals surface area contributed by atoms with E-state index in [1.165, 1.54) is 12.8 Å². The Labute approximate surface area is 130 Å². The maximum atomic E-state index is 12.0. The highest BCUT2D eigenvalue weighted by Crippen LogP contribution is 2.42. The highest BCUT2D eigenvalue weighted by molar-refractivity contribution is 6.33. The second-order valence-corrected chi connectivity index (χ2v) is 6.47. The van der Waals surface area contributed by atoms with Crippen LogP contribution in [0.4, 0.5) is 11.4 Å². The Bertz CT molecular complexity index is 571. The van der Waals surface area contributed by atoms with Crippen LogP contribution >= 0.6 is 11.6 Å². The van der Waals surface area contributed by atoms with Gasteiger partial charge in [-0.15, -0.1) is 0 Å². The van der Waals surface area contributed by atoms with Crippen LogP contribution in [0.25, 0.3) is 0 Å². The maximum absolute atomic E-state index is 12.0. The Balaban J connectivity index is 1.91. The van der Waals surface area contributed by atoms with Crippen molar-refractivity contribution in [3.05, 3.63) is 22.7 Å². The number of amides is 1. The fraction of sp³-hybridized carbons (Fsp3) is 0.562. The molecule has 5 heteroatoms. The van der Waals surface area contributed by atoms with Crippen molar-refractivity contribution < 1.29 is 4.79 Å². The molecule has 114 valence electrons. The standard InChI is InChI=1S/C16H22ClN3O/c1-4-18-15-11-7-12(17)14(8-13(11)19-16(15)21)20(3)9(2)10-5-6-10/h7-10,15,18H,4-6H2,1-3H3,(H,19,21). The minimum Gasteiger partial charge on any atom is -0.370 e. The zero-order valence-corrected chi connectivity index (χ0v) is 13.5. The Morgan fingerprint density at radius 1 is 1.48 bits per heavy atom. The summed E-state index contributed by atoms with van der Waals surface area (Å²) in [7, 11) is 2.08. The molecule has 0 saturated heterocycles. The molecule has 0 bridgehead atoms. The first-order valence-electron chi connectivity index (χ1n) is 7.63. The molecule has 1 saturated carbocycles. The number of rotatable bonds is 5. The number of nitrogens with zero attached hydrogens (tertiary/aromatic N) is 1. The van der Waals surface area contributed by atoms with Gasteiger partial charge in [-0.25, -0.2) is 0 Å².